The van der Waals surface area contributed by atoms with Gasteiger partial charge in [0.1, 0.15) is 11.1 Å². The normalized spacial score (nSPS) is 16.3. The molecule has 3 aromatic carbocycles. The maximum absolute atomic E-state index is 13.5. The molecular formula is C26H24ClFN2O2S. The van der Waals surface area contributed by atoms with Crippen LogP contribution in [0.5, 0.6) is 0 Å². The first kappa shape index (κ1) is 23.3. The van der Waals surface area contributed by atoms with Crippen molar-refractivity contribution in [2.45, 2.75) is 37.1 Å². The maximum Gasteiger partial charge on any atom is 0.241 e. The number of aryl methyl sites for hydroxylation is 1. The Balaban J connectivity index is 1.54. The Hall–Kier alpha value is -2.83. The van der Waals surface area contributed by atoms with E-state index in [1.54, 1.807) is 17.9 Å². The molecule has 33 heavy (non-hydrogen) atoms. The first-order chi connectivity index (χ1) is 15.8. The summed E-state index contributed by atoms with van der Waals surface area (Å²) in [6.07, 6.45) is 0. The van der Waals surface area contributed by atoms with Crippen molar-refractivity contribution in [3.63, 3.8) is 0 Å². The standard InChI is InChI=1S/C26H24ClFN2O2S/c1-16-7-9-18(10-8-16)14-29-25(31)17(2)24-26(32)30(22-5-3-4-6-23(22)33-24)15-19-11-12-20(28)13-21(19)27/h3-13,17,24H,14-15H2,1-2H3,(H,29,31)/t17-,24-/m0/s1. The van der Waals surface area contributed by atoms with Crippen LogP contribution in [0.4, 0.5) is 10.1 Å². The number of carbonyl (C=O) groups is 2. The number of rotatable bonds is 6. The zero-order valence-electron chi connectivity index (χ0n) is 18.3. The second-order valence-corrected chi connectivity index (χ2v) is 9.75. The zero-order chi connectivity index (χ0) is 23.5. The van der Waals surface area contributed by atoms with Crippen LogP contribution in [0.15, 0.2) is 71.6 Å². The summed E-state index contributed by atoms with van der Waals surface area (Å²) in [6, 6.07) is 19.7. The van der Waals surface area contributed by atoms with Crippen LogP contribution in [-0.2, 0) is 22.7 Å². The zero-order valence-corrected chi connectivity index (χ0v) is 19.9. The van der Waals surface area contributed by atoms with Gasteiger partial charge >= 0.3 is 0 Å². The molecule has 0 fully saturated rings. The molecule has 0 bridgehead atoms. The van der Waals surface area contributed by atoms with E-state index in [0.29, 0.717) is 12.1 Å². The van der Waals surface area contributed by atoms with Gasteiger partial charge in [-0.15, -0.1) is 11.8 Å². The van der Waals surface area contributed by atoms with Gasteiger partial charge in [-0.3, -0.25) is 9.59 Å². The Bertz CT molecular complexity index is 1190. The summed E-state index contributed by atoms with van der Waals surface area (Å²) in [5.74, 6) is -1.33. The molecule has 4 rings (SSSR count). The summed E-state index contributed by atoms with van der Waals surface area (Å²) < 4.78 is 13.5. The summed E-state index contributed by atoms with van der Waals surface area (Å²) in [6.45, 7) is 4.39. The van der Waals surface area contributed by atoms with Gasteiger partial charge in [-0.1, -0.05) is 66.6 Å². The fourth-order valence-corrected chi connectivity index (χ4v) is 5.24. The molecule has 1 heterocycles. The largest absolute Gasteiger partial charge is 0.352 e. The number of thioether (sulfide) groups is 1. The van der Waals surface area contributed by atoms with Crippen LogP contribution in [0.25, 0.3) is 0 Å². The van der Waals surface area contributed by atoms with Gasteiger partial charge in [-0.2, -0.15) is 0 Å². The Morgan fingerprint density at radius 2 is 1.88 bits per heavy atom. The third-order valence-corrected chi connectivity index (χ3v) is 7.53. The number of anilines is 1. The van der Waals surface area contributed by atoms with Gasteiger partial charge in [-0.25, -0.2) is 4.39 Å². The topological polar surface area (TPSA) is 49.4 Å². The highest BCUT2D eigenvalue weighted by Gasteiger charge is 2.39. The van der Waals surface area contributed by atoms with Crippen LogP contribution in [0, 0.1) is 18.7 Å². The van der Waals surface area contributed by atoms with Crippen molar-refractivity contribution in [2.24, 2.45) is 5.92 Å². The molecule has 1 aliphatic rings. The second-order valence-electron chi connectivity index (χ2n) is 8.16. The number of hydrogen-bond acceptors (Lipinski definition) is 3. The lowest BCUT2D eigenvalue weighted by molar-refractivity contribution is -0.128. The predicted molar refractivity (Wildman–Crippen MR) is 131 cm³/mol. The Morgan fingerprint density at radius 1 is 1.15 bits per heavy atom. The summed E-state index contributed by atoms with van der Waals surface area (Å²) in [5.41, 5.74) is 3.56. The van der Waals surface area contributed by atoms with Crippen LogP contribution in [0.1, 0.15) is 23.6 Å². The minimum absolute atomic E-state index is 0.169. The van der Waals surface area contributed by atoms with Crippen molar-refractivity contribution in [1.82, 2.24) is 5.32 Å². The van der Waals surface area contributed by atoms with Crippen LogP contribution in [0.3, 0.4) is 0 Å². The predicted octanol–water partition coefficient (Wildman–Crippen LogP) is 5.75. The molecule has 0 unspecified atom stereocenters. The van der Waals surface area contributed by atoms with Gasteiger partial charge in [0.15, 0.2) is 0 Å². The van der Waals surface area contributed by atoms with Crippen LogP contribution >= 0.6 is 23.4 Å². The Labute approximate surface area is 202 Å². The minimum atomic E-state index is -0.586. The fourth-order valence-electron chi connectivity index (χ4n) is 3.73. The van der Waals surface area contributed by atoms with E-state index < -0.39 is 17.0 Å². The molecule has 0 aliphatic carbocycles. The highest BCUT2D eigenvalue weighted by Crippen LogP contribution is 2.42. The first-order valence-electron chi connectivity index (χ1n) is 10.7. The van der Waals surface area contributed by atoms with Crippen molar-refractivity contribution < 1.29 is 14.0 Å². The number of benzene rings is 3. The highest BCUT2D eigenvalue weighted by molar-refractivity contribution is 8.01. The van der Waals surface area contributed by atoms with Gasteiger partial charge in [0, 0.05) is 16.5 Å². The van der Waals surface area contributed by atoms with E-state index in [2.05, 4.69) is 5.32 Å². The molecule has 0 aromatic heterocycles. The van der Waals surface area contributed by atoms with Crippen LogP contribution in [0.2, 0.25) is 5.02 Å². The lowest BCUT2D eigenvalue weighted by atomic mass is 10.0. The highest BCUT2D eigenvalue weighted by atomic mass is 35.5. The molecule has 1 aliphatic heterocycles. The van der Waals surface area contributed by atoms with Crippen molar-refractivity contribution in [3.8, 4) is 0 Å². The number of fused-ring (bicyclic) bond motifs is 1. The van der Waals surface area contributed by atoms with E-state index in [9.17, 15) is 14.0 Å². The summed E-state index contributed by atoms with van der Waals surface area (Å²) in [5, 5.41) is 2.63. The number of amides is 2. The summed E-state index contributed by atoms with van der Waals surface area (Å²) >= 11 is 7.64. The Kier molecular flexibility index (Phi) is 7.05. The maximum atomic E-state index is 13.5. The van der Waals surface area contributed by atoms with E-state index in [-0.39, 0.29) is 23.4 Å². The molecule has 0 radical (unpaired) electrons. The lowest BCUT2D eigenvalue weighted by Crippen LogP contribution is -2.47. The molecule has 4 nitrogen and oxygen atoms in total. The third-order valence-electron chi connectivity index (χ3n) is 5.72. The lowest BCUT2D eigenvalue weighted by Gasteiger charge is -2.36. The van der Waals surface area contributed by atoms with Gasteiger partial charge in [0.05, 0.1) is 18.2 Å². The van der Waals surface area contributed by atoms with E-state index in [1.165, 1.54) is 23.9 Å². The molecule has 1 N–H and O–H groups in total. The van der Waals surface area contributed by atoms with Crippen molar-refractivity contribution in [3.05, 3.63) is 94.3 Å². The smallest absolute Gasteiger partial charge is 0.241 e. The van der Waals surface area contributed by atoms with Gasteiger partial charge in [0.25, 0.3) is 0 Å². The van der Waals surface area contributed by atoms with Gasteiger partial charge in [0.2, 0.25) is 11.8 Å². The number of hydrogen-bond donors (Lipinski definition) is 1. The number of carbonyl (C=O) groups excluding carboxylic acids is 2. The second kappa shape index (κ2) is 9.98. The molecule has 0 spiro atoms. The monoisotopic (exact) mass is 482 g/mol. The van der Waals surface area contributed by atoms with Crippen molar-refractivity contribution in [1.29, 1.82) is 0 Å². The molecule has 2 amide bonds. The van der Waals surface area contributed by atoms with Crippen LogP contribution < -0.4 is 10.2 Å². The van der Waals surface area contributed by atoms with Crippen molar-refractivity contribution in [2.75, 3.05) is 4.90 Å². The summed E-state index contributed by atoms with van der Waals surface area (Å²) in [7, 11) is 0. The Morgan fingerprint density at radius 3 is 2.61 bits per heavy atom. The molecule has 7 heteroatoms. The van der Waals surface area contributed by atoms with E-state index >= 15 is 0 Å². The number of para-hydroxylation sites is 1. The fraction of sp³-hybridized carbons (Fsp3) is 0.231. The molecule has 0 saturated heterocycles. The van der Waals surface area contributed by atoms with Crippen molar-refractivity contribution >= 4 is 40.9 Å². The van der Waals surface area contributed by atoms with Crippen LogP contribution in [-0.4, -0.2) is 17.1 Å². The number of halogens is 2. The van der Waals surface area contributed by atoms with E-state index in [1.807, 2.05) is 55.5 Å². The number of nitrogens with zero attached hydrogens (tertiary/aromatic N) is 1. The van der Waals surface area contributed by atoms with E-state index in [0.717, 1.165) is 21.7 Å². The third kappa shape index (κ3) is 5.23. The molecule has 0 saturated carbocycles. The molecule has 2 atom stereocenters. The molecule has 3 aromatic rings. The number of nitrogens with one attached hydrogen (secondary N) is 1. The molecular weight excluding hydrogens is 459 g/mol. The van der Waals surface area contributed by atoms with Gasteiger partial charge in [-0.05, 0) is 42.3 Å². The average molecular weight is 483 g/mol. The first-order valence-corrected chi connectivity index (χ1v) is 11.9. The quantitative estimate of drug-likeness (QED) is 0.487. The SMILES string of the molecule is Cc1ccc(CNC(=O)[C@@H](C)[C@@H]2Sc3ccccc3N(Cc3ccc(F)cc3Cl)C2=O)cc1. The molecule has 170 valence electrons. The average Bonchev–Trinajstić information content (AvgIpc) is 2.81. The summed E-state index contributed by atoms with van der Waals surface area (Å²) in [4.78, 5) is 29.0. The minimum Gasteiger partial charge on any atom is -0.352 e. The van der Waals surface area contributed by atoms with E-state index in [4.69, 9.17) is 11.6 Å². The van der Waals surface area contributed by atoms with Gasteiger partial charge < -0.3 is 10.2 Å².